The van der Waals surface area contributed by atoms with Crippen molar-refractivity contribution in [1.29, 1.82) is 0 Å². The van der Waals surface area contributed by atoms with Gasteiger partial charge in [0, 0.05) is 12.2 Å². The van der Waals surface area contributed by atoms with Crippen molar-refractivity contribution in [2.45, 2.75) is 38.9 Å². The van der Waals surface area contributed by atoms with Crippen molar-refractivity contribution in [3.8, 4) is 0 Å². The smallest absolute Gasteiger partial charge is 0.373 e. The monoisotopic (exact) mass is 371 g/mol. The van der Waals surface area contributed by atoms with Crippen molar-refractivity contribution >= 4 is 11.6 Å². The van der Waals surface area contributed by atoms with Crippen molar-refractivity contribution in [3.63, 3.8) is 0 Å². The molecule has 4 nitrogen and oxygen atoms in total. The molecule has 2 rings (SSSR count). The van der Waals surface area contributed by atoms with Gasteiger partial charge in [0.25, 0.3) is 0 Å². The van der Waals surface area contributed by atoms with E-state index in [4.69, 9.17) is 0 Å². The first-order chi connectivity index (χ1) is 12.2. The van der Waals surface area contributed by atoms with Crippen LogP contribution in [0.1, 0.15) is 32.3 Å². The summed E-state index contributed by atoms with van der Waals surface area (Å²) in [7, 11) is 2.09. The fraction of sp³-hybridized carbons (Fsp3) is 0.632. The Hall–Kier alpha value is -1.76. The van der Waals surface area contributed by atoms with Crippen LogP contribution >= 0.6 is 0 Å². The number of halogens is 3. The zero-order valence-corrected chi connectivity index (χ0v) is 15.6. The molecule has 1 aromatic rings. The highest BCUT2D eigenvalue weighted by Gasteiger charge is 2.30. The zero-order valence-electron chi connectivity index (χ0n) is 15.6. The molecule has 0 unspecified atom stereocenters. The number of nitrogens with zero attached hydrogens (tertiary/aromatic N) is 1. The predicted octanol–water partition coefficient (Wildman–Crippen LogP) is 3.60. The summed E-state index contributed by atoms with van der Waals surface area (Å²) in [5.74, 6) is 0.377. The highest BCUT2D eigenvalue weighted by Crippen LogP contribution is 2.30. The summed E-state index contributed by atoms with van der Waals surface area (Å²) in [6.45, 7) is 6.55. The molecule has 0 saturated carbocycles. The number of hydrogen-bond donors (Lipinski definition) is 2. The average Bonchev–Trinajstić information content (AvgIpc) is 2.58. The number of carbonyl (C=O) groups excluding carboxylic acids is 1. The van der Waals surface area contributed by atoms with Gasteiger partial charge in [0.05, 0.1) is 5.56 Å². The van der Waals surface area contributed by atoms with Gasteiger partial charge in [0.15, 0.2) is 0 Å². The number of amides is 1. The molecule has 0 radical (unpaired) electrons. The summed E-state index contributed by atoms with van der Waals surface area (Å²) in [5.41, 5.74) is -0.193. The predicted molar refractivity (Wildman–Crippen MR) is 96.9 cm³/mol. The van der Waals surface area contributed by atoms with Gasteiger partial charge in [-0.15, -0.1) is 0 Å². The number of carbonyl (C=O) groups is 1. The molecule has 1 aliphatic rings. The van der Waals surface area contributed by atoms with Gasteiger partial charge in [-0.25, -0.2) is 0 Å². The SMILES string of the molecule is CC(C)[C@@H](Nc1ccc(C(F)(F)F)cc1)C(=O)NCC1CCN(C)CC1. The Morgan fingerprint density at radius 2 is 1.77 bits per heavy atom. The van der Waals surface area contributed by atoms with Crippen molar-refractivity contribution in [3.05, 3.63) is 29.8 Å². The van der Waals surface area contributed by atoms with Crippen LogP contribution in [0.25, 0.3) is 0 Å². The molecule has 0 aromatic heterocycles. The molecule has 7 heteroatoms. The minimum Gasteiger partial charge on any atom is -0.373 e. The number of hydrogen-bond acceptors (Lipinski definition) is 3. The second-order valence-electron chi connectivity index (χ2n) is 7.43. The number of anilines is 1. The van der Waals surface area contributed by atoms with E-state index >= 15 is 0 Å². The Balaban J connectivity index is 1.92. The average molecular weight is 371 g/mol. The second kappa shape index (κ2) is 8.75. The first-order valence-electron chi connectivity index (χ1n) is 9.07. The molecule has 146 valence electrons. The van der Waals surface area contributed by atoms with Crippen molar-refractivity contribution in [2.24, 2.45) is 11.8 Å². The Labute approximate surface area is 153 Å². The van der Waals surface area contributed by atoms with Crippen LogP contribution in [0.5, 0.6) is 0 Å². The van der Waals surface area contributed by atoms with E-state index in [9.17, 15) is 18.0 Å². The summed E-state index contributed by atoms with van der Waals surface area (Å²) in [4.78, 5) is 14.8. The molecule has 1 heterocycles. The van der Waals surface area contributed by atoms with Crippen LogP contribution < -0.4 is 10.6 Å². The summed E-state index contributed by atoms with van der Waals surface area (Å²) in [6, 6.07) is 4.29. The number of likely N-dealkylation sites (tertiary alicyclic amines) is 1. The highest BCUT2D eigenvalue weighted by molar-refractivity contribution is 5.84. The van der Waals surface area contributed by atoms with E-state index in [2.05, 4.69) is 22.6 Å². The molecular formula is C19H28F3N3O. The molecule has 2 N–H and O–H groups in total. The normalized spacial score (nSPS) is 18.0. The molecule has 0 bridgehead atoms. The van der Waals surface area contributed by atoms with E-state index < -0.39 is 17.8 Å². The Morgan fingerprint density at radius 1 is 1.19 bits per heavy atom. The van der Waals surface area contributed by atoms with Gasteiger partial charge in [-0.2, -0.15) is 13.2 Å². The maximum Gasteiger partial charge on any atom is 0.416 e. The lowest BCUT2D eigenvalue weighted by Crippen LogP contribution is -2.45. The molecule has 1 aromatic carbocycles. The van der Waals surface area contributed by atoms with Crippen molar-refractivity contribution in [2.75, 3.05) is 32.0 Å². The van der Waals surface area contributed by atoms with E-state index in [1.54, 1.807) is 0 Å². The lowest BCUT2D eigenvalue weighted by molar-refractivity contribution is -0.137. The lowest BCUT2D eigenvalue weighted by atomic mass is 9.96. The van der Waals surface area contributed by atoms with Crippen molar-refractivity contribution in [1.82, 2.24) is 10.2 Å². The standard InChI is InChI=1S/C19H28F3N3O/c1-13(2)17(18(26)23-12-14-8-10-25(3)11-9-14)24-16-6-4-15(5-7-16)19(20,21)22/h4-7,13-14,17,24H,8-12H2,1-3H3,(H,23,26)/t17-/m1/s1. The minimum absolute atomic E-state index is 0.00906. The summed E-state index contributed by atoms with van der Waals surface area (Å²) in [6.07, 6.45) is -2.23. The maximum atomic E-state index is 12.7. The van der Waals surface area contributed by atoms with Gasteiger partial charge in [-0.1, -0.05) is 13.8 Å². The fourth-order valence-electron chi connectivity index (χ4n) is 3.09. The molecule has 26 heavy (non-hydrogen) atoms. The van der Waals surface area contributed by atoms with Crippen LogP contribution in [-0.2, 0) is 11.0 Å². The van der Waals surface area contributed by atoms with Gasteiger partial charge >= 0.3 is 6.18 Å². The van der Waals surface area contributed by atoms with E-state index in [1.165, 1.54) is 12.1 Å². The largest absolute Gasteiger partial charge is 0.416 e. The fourth-order valence-corrected chi connectivity index (χ4v) is 3.09. The molecular weight excluding hydrogens is 343 g/mol. The van der Waals surface area contributed by atoms with Gasteiger partial charge in [0.1, 0.15) is 6.04 Å². The van der Waals surface area contributed by atoms with Crippen LogP contribution in [0, 0.1) is 11.8 Å². The van der Waals surface area contributed by atoms with E-state index in [0.717, 1.165) is 38.1 Å². The van der Waals surface area contributed by atoms with Crippen LogP contribution in [0.3, 0.4) is 0 Å². The summed E-state index contributed by atoms with van der Waals surface area (Å²) in [5, 5.41) is 6.07. The summed E-state index contributed by atoms with van der Waals surface area (Å²) >= 11 is 0. The number of piperidine rings is 1. The Bertz CT molecular complexity index is 579. The molecule has 0 aliphatic carbocycles. The summed E-state index contributed by atoms with van der Waals surface area (Å²) < 4.78 is 38.0. The number of rotatable bonds is 6. The van der Waals surface area contributed by atoms with Crippen LogP contribution in [-0.4, -0.2) is 43.5 Å². The Kier molecular flexibility index (Phi) is 6.92. The first-order valence-corrected chi connectivity index (χ1v) is 9.07. The number of benzene rings is 1. The van der Waals surface area contributed by atoms with Gasteiger partial charge in [-0.3, -0.25) is 4.79 Å². The van der Waals surface area contributed by atoms with E-state index in [0.29, 0.717) is 18.2 Å². The van der Waals surface area contributed by atoms with Gasteiger partial charge in [0.2, 0.25) is 5.91 Å². The molecule has 0 spiro atoms. The molecule has 1 amide bonds. The number of alkyl halides is 3. The quantitative estimate of drug-likeness (QED) is 0.803. The molecule has 1 saturated heterocycles. The van der Waals surface area contributed by atoms with Crippen molar-refractivity contribution < 1.29 is 18.0 Å². The number of nitrogens with one attached hydrogen (secondary N) is 2. The third kappa shape index (κ3) is 5.90. The van der Waals surface area contributed by atoms with E-state index in [1.807, 2.05) is 13.8 Å². The van der Waals surface area contributed by atoms with Crippen LogP contribution in [0.4, 0.5) is 18.9 Å². The third-order valence-electron chi connectivity index (χ3n) is 4.89. The third-order valence-corrected chi connectivity index (χ3v) is 4.89. The van der Waals surface area contributed by atoms with Crippen LogP contribution in [0.15, 0.2) is 24.3 Å². The second-order valence-corrected chi connectivity index (χ2v) is 7.43. The first kappa shape index (κ1) is 20.6. The zero-order chi connectivity index (χ0) is 19.3. The van der Waals surface area contributed by atoms with Gasteiger partial charge in [-0.05, 0) is 69.1 Å². The topological polar surface area (TPSA) is 44.4 Å². The maximum absolute atomic E-state index is 12.7. The minimum atomic E-state index is -4.36. The molecule has 1 fully saturated rings. The Morgan fingerprint density at radius 3 is 2.27 bits per heavy atom. The molecule has 1 aliphatic heterocycles. The van der Waals surface area contributed by atoms with Gasteiger partial charge < -0.3 is 15.5 Å². The lowest BCUT2D eigenvalue weighted by Gasteiger charge is -2.30. The molecule has 1 atom stereocenters. The van der Waals surface area contributed by atoms with Crippen LogP contribution in [0.2, 0.25) is 0 Å². The van der Waals surface area contributed by atoms with E-state index in [-0.39, 0.29) is 11.8 Å². The highest BCUT2D eigenvalue weighted by atomic mass is 19.4.